The lowest BCUT2D eigenvalue weighted by Crippen LogP contribution is -2.47. The molecule has 1 saturated heterocycles. The quantitative estimate of drug-likeness (QED) is 0.891. The molecule has 0 spiro atoms. The molecule has 20 heavy (non-hydrogen) atoms. The van der Waals surface area contributed by atoms with Crippen molar-refractivity contribution in [2.24, 2.45) is 5.41 Å². The van der Waals surface area contributed by atoms with Crippen molar-refractivity contribution in [2.75, 3.05) is 19.6 Å². The van der Waals surface area contributed by atoms with Gasteiger partial charge in [-0.3, -0.25) is 4.79 Å². The molecule has 5 heteroatoms. The summed E-state index contributed by atoms with van der Waals surface area (Å²) in [6, 6.07) is 5.78. The molecule has 0 radical (unpaired) electrons. The van der Waals surface area contributed by atoms with E-state index in [1.54, 1.807) is 11.2 Å². The van der Waals surface area contributed by atoms with Crippen molar-refractivity contribution in [3.63, 3.8) is 0 Å². The number of nitrogens with zero attached hydrogens (tertiary/aromatic N) is 2. The minimum atomic E-state index is -0.326. The van der Waals surface area contributed by atoms with E-state index in [0.717, 1.165) is 31.7 Å². The fraction of sp³-hybridized carbons (Fsp3) is 0.600. The van der Waals surface area contributed by atoms with Crippen LogP contribution in [0.25, 0.3) is 0 Å². The SMILES string of the molecule is CC1(C(=O)N(CCC#N)Cc2ccco2)CCNCC1. The molecule has 1 N–H and O–H groups in total. The maximum atomic E-state index is 12.8. The summed E-state index contributed by atoms with van der Waals surface area (Å²) in [7, 11) is 0. The first-order valence-electron chi connectivity index (χ1n) is 7.05. The van der Waals surface area contributed by atoms with Crippen LogP contribution in [0.3, 0.4) is 0 Å². The molecule has 0 saturated carbocycles. The van der Waals surface area contributed by atoms with E-state index in [9.17, 15) is 4.79 Å². The first-order valence-corrected chi connectivity index (χ1v) is 7.05. The Balaban J connectivity index is 2.08. The second-order valence-corrected chi connectivity index (χ2v) is 5.52. The molecule has 0 unspecified atom stereocenters. The Bertz CT molecular complexity index is 470. The fourth-order valence-electron chi connectivity index (χ4n) is 2.60. The maximum absolute atomic E-state index is 12.8. The van der Waals surface area contributed by atoms with Gasteiger partial charge in [0.25, 0.3) is 0 Å². The van der Waals surface area contributed by atoms with Crippen molar-refractivity contribution in [2.45, 2.75) is 32.7 Å². The summed E-state index contributed by atoms with van der Waals surface area (Å²) >= 11 is 0. The van der Waals surface area contributed by atoms with Crippen molar-refractivity contribution in [1.29, 1.82) is 5.26 Å². The number of rotatable bonds is 5. The summed E-state index contributed by atoms with van der Waals surface area (Å²) in [4.78, 5) is 14.6. The fourth-order valence-corrected chi connectivity index (χ4v) is 2.60. The summed E-state index contributed by atoms with van der Waals surface area (Å²) in [5.41, 5.74) is -0.326. The summed E-state index contributed by atoms with van der Waals surface area (Å²) in [6.45, 7) is 4.66. The minimum absolute atomic E-state index is 0.130. The van der Waals surface area contributed by atoms with Crippen LogP contribution in [-0.4, -0.2) is 30.4 Å². The van der Waals surface area contributed by atoms with Gasteiger partial charge in [0.2, 0.25) is 5.91 Å². The number of carbonyl (C=O) groups excluding carboxylic acids is 1. The molecule has 0 aliphatic carbocycles. The number of nitrogens with one attached hydrogen (secondary N) is 1. The third-order valence-electron chi connectivity index (χ3n) is 3.93. The lowest BCUT2D eigenvalue weighted by atomic mass is 9.79. The molecular formula is C15H21N3O2. The average Bonchev–Trinajstić information content (AvgIpc) is 2.96. The van der Waals surface area contributed by atoms with E-state index in [2.05, 4.69) is 11.4 Å². The van der Waals surface area contributed by atoms with Gasteiger partial charge in [-0.25, -0.2) is 0 Å². The molecule has 1 amide bonds. The molecule has 0 aromatic carbocycles. The lowest BCUT2D eigenvalue weighted by Gasteiger charge is -2.37. The summed E-state index contributed by atoms with van der Waals surface area (Å²) in [5.74, 6) is 0.888. The van der Waals surface area contributed by atoms with Gasteiger partial charge in [-0.15, -0.1) is 0 Å². The highest BCUT2D eigenvalue weighted by Gasteiger charge is 2.37. The van der Waals surface area contributed by atoms with Crippen LogP contribution in [0.5, 0.6) is 0 Å². The van der Waals surface area contributed by atoms with Crippen molar-refractivity contribution in [1.82, 2.24) is 10.2 Å². The first-order chi connectivity index (χ1) is 9.65. The van der Waals surface area contributed by atoms with Gasteiger partial charge < -0.3 is 14.6 Å². The van der Waals surface area contributed by atoms with Gasteiger partial charge in [0.1, 0.15) is 5.76 Å². The zero-order chi connectivity index (χ0) is 14.4. The number of nitriles is 1. The van der Waals surface area contributed by atoms with Gasteiger partial charge in [-0.1, -0.05) is 6.92 Å². The van der Waals surface area contributed by atoms with Crippen LogP contribution in [0.15, 0.2) is 22.8 Å². The van der Waals surface area contributed by atoms with E-state index in [1.807, 2.05) is 19.1 Å². The number of carbonyl (C=O) groups is 1. The zero-order valence-corrected chi connectivity index (χ0v) is 11.9. The molecule has 1 aliphatic heterocycles. The highest BCUT2D eigenvalue weighted by molar-refractivity contribution is 5.82. The number of piperidine rings is 1. The molecule has 1 aliphatic rings. The van der Waals surface area contributed by atoms with E-state index < -0.39 is 0 Å². The molecule has 2 heterocycles. The Labute approximate surface area is 119 Å². The summed E-state index contributed by atoms with van der Waals surface area (Å²) < 4.78 is 5.33. The number of amides is 1. The summed E-state index contributed by atoms with van der Waals surface area (Å²) in [5, 5.41) is 12.1. The van der Waals surface area contributed by atoms with Crippen molar-refractivity contribution in [3.05, 3.63) is 24.2 Å². The maximum Gasteiger partial charge on any atom is 0.229 e. The van der Waals surface area contributed by atoms with Crippen LogP contribution in [0.1, 0.15) is 31.9 Å². The van der Waals surface area contributed by atoms with Gasteiger partial charge >= 0.3 is 0 Å². The van der Waals surface area contributed by atoms with Crippen LogP contribution in [0.2, 0.25) is 0 Å². The Morgan fingerprint density at radius 2 is 2.30 bits per heavy atom. The molecule has 1 fully saturated rings. The Hall–Kier alpha value is -1.80. The van der Waals surface area contributed by atoms with Gasteiger partial charge in [0.05, 0.1) is 25.3 Å². The monoisotopic (exact) mass is 275 g/mol. The van der Waals surface area contributed by atoms with Gasteiger partial charge in [0.15, 0.2) is 0 Å². The van der Waals surface area contributed by atoms with Crippen LogP contribution in [-0.2, 0) is 11.3 Å². The third-order valence-corrected chi connectivity index (χ3v) is 3.93. The van der Waals surface area contributed by atoms with Crippen molar-refractivity contribution >= 4 is 5.91 Å². The van der Waals surface area contributed by atoms with Crippen molar-refractivity contribution in [3.8, 4) is 6.07 Å². The highest BCUT2D eigenvalue weighted by atomic mass is 16.3. The molecule has 108 valence electrons. The topological polar surface area (TPSA) is 69.3 Å². The Morgan fingerprint density at radius 3 is 2.90 bits per heavy atom. The lowest BCUT2D eigenvalue weighted by molar-refractivity contribution is -0.143. The predicted molar refractivity (Wildman–Crippen MR) is 74.6 cm³/mol. The first kappa shape index (κ1) is 14.6. The molecule has 0 bridgehead atoms. The van der Waals surface area contributed by atoms with E-state index in [4.69, 9.17) is 9.68 Å². The molecular weight excluding hydrogens is 254 g/mol. The van der Waals surface area contributed by atoms with E-state index in [-0.39, 0.29) is 11.3 Å². The molecule has 1 aromatic rings. The van der Waals surface area contributed by atoms with Crippen LogP contribution in [0.4, 0.5) is 0 Å². The Morgan fingerprint density at radius 1 is 1.55 bits per heavy atom. The number of furan rings is 1. The molecule has 1 aromatic heterocycles. The van der Waals surface area contributed by atoms with Crippen molar-refractivity contribution < 1.29 is 9.21 Å². The number of hydrogen-bond acceptors (Lipinski definition) is 4. The normalized spacial score (nSPS) is 17.4. The minimum Gasteiger partial charge on any atom is -0.467 e. The van der Waals surface area contributed by atoms with Crippen LogP contribution >= 0.6 is 0 Å². The van der Waals surface area contributed by atoms with Gasteiger partial charge in [0, 0.05) is 12.0 Å². The highest BCUT2D eigenvalue weighted by Crippen LogP contribution is 2.31. The zero-order valence-electron chi connectivity index (χ0n) is 11.9. The van der Waals surface area contributed by atoms with Gasteiger partial charge in [-0.05, 0) is 38.1 Å². The predicted octanol–water partition coefficient (Wildman–Crippen LogP) is 1.91. The molecule has 5 nitrogen and oxygen atoms in total. The van der Waals surface area contributed by atoms with E-state index >= 15 is 0 Å². The largest absolute Gasteiger partial charge is 0.467 e. The van der Waals surface area contributed by atoms with E-state index in [1.165, 1.54) is 0 Å². The molecule has 2 rings (SSSR count). The smallest absolute Gasteiger partial charge is 0.229 e. The second kappa shape index (κ2) is 6.58. The number of hydrogen-bond donors (Lipinski definition) is 1. The Kier molecular flexibility index (Phi) is 4.80. The van der Waals surface area contributed by atoms with Crippen LogP contribution < -0.4 is 5.32 Å². The van der Waals surface area contributed by atoms with Gasteiger partial charge in [-0.2, -0.15) is 5.26 Å². The third kappa shape index (κ3) is 3.40. The average molecular weight is 275 g/mol. The van der Waals surface area contributed by atoms with Crippen LogP contribution in [0, 0.1) is 16.7 Å². The summed E-state index contributed by atoms with van der Waals surface area (Å²) in [6.07, 6.45) is 3.63. The molecule has 0 atom stereocenters. The second-order valence-electron chi connectivity index (χ2n) is 5.52. The standard InChI is InChI=1S/C15H21N3O2/c1-15(5-8-17-9-6-15)14(19)18(10-3-7-16)12-13-4-2-11-20-13/h2,4,11,17H,3,5-6,8-10,12H2,1H3. The van der Waals surface area contributed by atoms with E-state index in [0.29, 0.717) is 19.5 Å².